The van der Waals surface area contributed by atoms with Crippen LogP contribution >= 0.6 is 0 Å². The summed E-state index contributed by atoms with van der Waals surface area (Å²) in [6.07, 6.45) is 0. The van der Waals surface area contributed by atoms with E-state index >= 15 is 0 Å². The lowest BCUT2D eigenvalue weighted by molar-refractivity contribution is -0.120. The molecule has 0 aliphatic rings. The van der Waals surface area contributed by atoms with Crippen LogP contribution in [0.25, 0.3) is 16.9 Å². The summed E-state index contributed by atoms with van der Waals surface area (Å²) < 4.78 is 1.72. The van der Waals surface area contributed by atoms with Gasteiger partial charge in [0.15, 0.2) is 0 Å². The number of rotatable bonds is 7. The van der Waals surface area contributed by atoms with Crippen molar-refractivity contribution in [1.82, 2.24) is 20.4 Å². The Balaban J connectivity index is 1.89. The molecule has 150 valence electrons. The van der Waals surface area contributed by atoms with Gasteiger partial charge in [-0.1, -0.05) is 35.9 Å². The molecule has 29 heavy (non-hydrogen) atoms. The molecule has 0 bridgehead atoms. The molecule has 3 N–H and O–H groups in total. The van der Waals surface area contributed by atoms with Crippen molar-refractivity contribution in [3.05, 3.63) is 65.7 Å². The van der Waals surface area contributed by atoms with E-state index in [1.807, 2.05) is 50.2 Å². The third kappa shape index (κ3) is 5.08. The number of nitrogens with one attached hydrogen (secondary N) is 3. The zero-order valence-electron chi connectivity index (χ0n) is 16.8. The predicted octanol–water partition coefficient (Wildman–Crippen LogP) is 2.43. The van der Waals surface area contributed by atoms with Crippen LogP contribution in [-0.4, -0.2) is 41.7 Å². The minimum atomic E-state index is -0.251. The first-order valence-corrected chi connectivity index (χ1v) is 9.42. The zero-order valence-corrected chi connectivity index (χ0v) is 16.8. The van der Waals surface area contributed by atoms with Crippen LogP contribution in [0.15, 0.2) is 54.6 Å². The molecule has 0 unspecified atom stereocenters. The number of carbonyl (C=O) groups is 2. The van der Waals surface area contributed by atoms with Gasteiger partial charge in [-0.15, -0.1) is 0 Å². The van der Waals surface area contributed by atoms with Crippen LogP contribution < -0.4 is 16.0 Å². The Labute approximate surface area is 170 Å². The van der Waals surface area contributed by atoms with E-state index in [0.29, 0.717) is 5.82 Å². The molecule has 0 spiro atoms. The highest BCUT2D eigenvalue weighted by Crippen LogP contribution is 2.28. The maximum Gasteiger partial charge on any atom is 0.239 e. The number of anilines is 1. The van der Waals surface area contributed by atoms with E-state index in [1.165, 1.54) is 0 Å². The summed E-state index contributed by atoms with van der Waals surface area (Å²) >= 11 is 0. The minimum absolute atomic E-state index is 0.0200. The normalized spacial score (nSPS) is 10.6. The number of likely N-dealkylation sites (N-methyl/N-ethyl adjacent to an activating group) is 1. The molecule has 1 heterocycles. The summed E-state index contributed by atoms with van der Waals surface area (Å²) in [6.45, 7) is 4.18. The highest BCUT2D eigenvalue weighted by Gasteiger charge is 2.15. The van der Waals surface area contributed by atoms with Crippen molar-refractivity contribution >= 4 is 17.6 Å². The molecule has 2 aromatic carbocycles. The largest absolute Gasteiger partial charge is 0.358 e. The first-order chi connectivity index (χ1) is 14.0. The maximum absolute atomic E-state index is 12.4. The average Bonchev–Trinajstić information content (AvgIpc) is 3.13. The number of hydrogen-bond donors (Lipinski definition) is 3. The quantitative estimate of drug-likeness (QED) is 0.577. The van der Waals surface area contributed by atoms with E-state index in [-0.39, 0.29) is 24.9 Å². The Kier molecular flexibility index (Phi) is 6.41. The summed E-state index contributed by atoms with van der Waals surface area (Å²) in [5.74, 6) is 0.140. The van der Waals surface area contributed by atoms with Gasteiger partial charge in [0, 0.05) is 18.7 Å². The lowest BCUT2D eigenvalue weighted by Crippen LogP contribution is -2.36. The van der Waals surface area contributed by atoms with Crippen molar-refractivity contribution < 1.29 is 9.59 Å². The van der Waals surface area contributed by atoms with Gasteiger partial charge >= 0.3 is 0 Å². The van der Waals surface area contributed by atoms with Crippen LogP contribution in [0.3, 0.4) is 0 Å². The van der Waals surface area contributed by atoms with E-state index in [9.17, 15) is 9.59 Å². The Bertz CT molecular complexity index is 1010. The molecule has 1 aromatic heterocycles. The Morgan fingerprint density at radius 1 is 0.966 bits per heavy atom. The lowest BCUT2D eigenvalue weighted by atomic mass is 10.0. The Hall–Kier alpha value is -3.45. The molecule has 0 radical (unpaired) electrons. The molecule has 0 aliphatic carbocycles. The fourth-order valence-electron chi connectivity index (χ4n) is 2.94. The second-order valence-corrected chi connectivity index (χ2v) is 6.81. The van der Waals surface area contributed by atoms with Crippen molar-refractivity contribution in [2.75, 3.05) is 25.5 Å². The molecule has 0 aliphatic heterocycles. The van der Waals surface area contributed by atoms with Gasteiger partial charge < -0.3 is 10.6 Å². The fraction of sp³-hybridized carbons (Fsp3) is 0.227. The van der Waals surface area contributed by atoms with Gasteiger partial charge in [-0.25, -0.2) is 4.68 Å². The topological polar surface area (TPSA) is 88.1 Å². The Morgan fingerprint density at radius 3 is 2.41 bits per heavy atom. The Morgan fingerprint density at radius 2 is 1.69 bits per heavy atom. The van der Waals surface area contributed by atoms with E-state index in [4.69, 9.17) is 5.10 Å². The molecule has 2 amide bonds. The van der Waals surface area contributed by atoms with Gasteiger partial charge in [-0.05, 0) is 37.6 Å². The summed E-state index contributed by atoms with van der Waals surface area (Å²) in [6, 6.07) is 17.7. The van der Waals surface area contributed by atoms with Gasteiger partial charge in [0.2, 0.25) is 11.8 Å². The minimum Gasteiger partial charge on any atom is -0.358 e. The van der Waals surface area contributed by atoms with Gasteiger partial charge in [0.25, 0.3) is 0 Å². The SMILES string of the molecule is CNC(=O)CNCC(=O)Nc1cc(-c2cc(C)ccc2C)nn1-c1ccccc1. The lowest BCUT2D eigenvalue weighted by Gasteiger charge is -2.09. The van der Waals surface area contributed by atoms with Gasteiger partial charge in [-0.2, -0.15) is 5.10 Å². The number of amides is 2. The third-order valence-corrected chi connectivity index (χ3v) is 4.50. The van der Waals surface area contributed by atoms with Crippen molar-refractivity contribution in [2.24, 2.45) is 0 Å². The number of hydrogen-bond acceptors (Lipinski definition) is 4. The summed E-state index contributed by atoms with van der Waals surface area (Å²) in [5.41, 5.74) is 4.90. The van der Waals surface area contributed by atoms with Crippen LogP contribution in [0, 0.1) is 13.8 Å². The van der Waals surface area contributed by atoms with E-state index in [2.05, 4.69) is 34.1 Å². The van der Waals surface area contributed by atoms with Crippen LogP contribution in [0.2, 0.25) is 0 Å². The number of carbonyl (C=O) groups excluding carboxylic acids is 2. The zero-order chi connectivity index (χ0) is 20.8. The first-order valence-electron chi connectivity index (χ1n) is 9.42. The molecular formula is C22H25N5O2. The molecule has 7 heteroatoms. The van der Waals surface area contributed by atoms with Crippen molar-refractivity contribution in [1.29, 1.82) is 0 Å². The van der Waals surface area contributed by atoms with Crippen LogP contribution in [0.1, 0.15) is 11.1 Å². The third-order valence-electron chi connectivity index (χ3n) is 4.50. The number of aromatic nitrogens is 2. The molecule has 7 nitrogen and oxygen atoms in total. The monoisotopic (exact) mass is 391 g/mol. The molecule has 3 aromatic rings. The summed E-state index contributed by atoms with van der Waals surface area (Å²) in [4.78, 5) is 23.7. The second-order valence-electron chi connectivity index (χ2n) is 6.81. The standard InChI is InChI=1S/C22H25N5O2/c1-15-9-10-16(2)18(11-15)19-12-20(25-22(29)14-24-13-21(28)23-3)27(26-19)17-7-5-4-6-8-17/h4-12,24H,13-14H2,1-3H3,(H,23,28)(H,25,29). The first kappa shape index (κ1) is 20.3. The predicted molar refractivity (Wildman–Crippen MR) is 114 cm³/mol. The van der Waals surface area contributed by atoms with Gasteiger partial charge in [-0.3, -0.25) is 14.9 Å². The average molecular weight is 391 g/mol. The molecule has 0 atom stereocenters. The second kappa shape index (κ2) is 9.16. The number of para-hydroxylation sites is 1. The van der Waals surface area contributed by atoms with Crippen LogP contribution in [0.4, 0.5) is 5.82 Å². The number of nitrogens with zero attached hydrogens (tertiary/aromatic N) is 2. The number of aryl methyl sites for hydroxylation is 2. The van der Waals surface area contributed by atoms with Crippen molar-refractivity contribution in [3.63, 3.8) is 0 Å². The van der Waals surface area contributed by atoms with Crippen molar-refractivity contribution in [3.8, 4) is 16.9 Å². The maximum atomic E-state index is 12.4. The van der Waals surface area contributed by atoms with Gasteiger partial charge in [0.05, 0.1) is 24.5 Å². The van der Waals surface area contributed by atoms with E-state index < -0.39 is 0 Å². The molecule has 0 fully saturated rings. The molecule has 0 saturated heterocycles. The highest BCUT2D eigenvalue weighted by molar-refractivity contribution is 5.92. The summed E-state index contributed by atoms with van der Waals surface area (Å²) in [7, 11) is 1.55. The molecule has 0 saturated carbocycles. The summed E-state index contributed by atoms with van der Waals surface area (Å²) in [5, 5.41) is 13.0. The fourth-order valence-corrected chi connectivity index (χ4v) is 2.94. The molecular weight excluding hydrogens is 366 g/mol. The number of benzene rings is 2. The molecule has 3 rings (SSSR count). The van der Waals surface area contributed by atoms with Gasteiger partial charge in [0.1, 0.15) is 5.82 Å². The van der Waals surface area contributed by atoms with Crippen molar-refractivity contribution in [2.45, 2.75) is 13.8 Å². The smallest absolute Gasteiger partial charge is 0.239 e. The van der Waals surface area contributed by atoms with E-state index in [1.54, 1.807) is 11.7 Å². The van der Waals surface area contributed by atoms with Crippen LogP contribution in [-0.2, 0) is 9.59 Å². The van der Waals surface area contributed by atoms with E-state index in [0.717, 1.165) is 28.1 Å². The van der Waals surface area contributed by atoms with Crippen LogP contribution in [0.5, 0.6) is 0 Å². The highest BCUT2D eigenvalue weighted by atomic mass is 16.2.